The highest BCUT2D eigenvalue weighted by Gasteiger charge is 2.33. The molecule has 2 heteroatoms. The van der Waals surface area contributed by atoms with Crippen LogP contribution in [0.3, 0.4) is 0 Å². The second-order valence-corrected chi connectivity index (χ2v) is 5.76. The Morgan fingerprint density at radius 3 is 2.59 bits per heavy atom. The van der Waals surface area contributed by atoms with E-state index in [1.165, 1.54) is 19.3 Å². The van der Waals surface area contributed by atoms with Gasteiger partial charge in [0.1, 0.15) is 0 Å². The van der Waals surface area contributed by atoms with Crippen molar-refractivity contribution in [2.75, 3.05) is 6.61 Å². The first kappa shape index (κ1) is 13.4. The van der Waals surface area contributed by atoms with E-state index in [9.17, 15) is 5.11 Å². The molecule has 4 atom stereocenters. The summed E-state index contributed by atoms with van der Waals surface area (Å²) in [7, 11) is 0. The Balaban J connectivity index is 1.91. The molecule has 0 aromatic rings. The summed E-state index contributed by atoms with van der Waals surface area (Å²) in [6.45, 7) is 4.68. The molecule has 2 aliphatic carbocycles. The highest BCUT2D eigenvalue weighted by atomic mass is 16.5. The molecule has 4 unspecified atom stereocenters. The molecule has 2 radical (unpaired) electrons. The van der Waals surface area contributed by atoms with Gasteiger partial charge in [-0.1, -0.05) is 19.8 Å². The number of rotatable bonds is 4. The van der Waals surface area contributed by atoms with Gasteiger partial charge in [-0.05, 0) is 56.8 Å². The van der Waals surface area contributed by atoms with Crippen LogP contribution in [0.15, 0.2) is 0 Å². The normalized spacial score (nSPS) is 38.5. The zero-order valence-electron chi connectivity index (χ0n) is 10.9. The Kier molecular flexibility index (Phi) is 5.30. The minimum absolute atomic E-state index is 0.326. The molecule has 17 heavy (non-hydrogen) atoms. The van der Waals surface area contributed by atoms with Crippen molar-refractivity contribution in [3.05, 3.63) is 6.92 Å². The van der Waals surface area contributed by atoms with Gasteiger partial charge >= 0.3 is 0 Å². The molecule has 2 saturated carbocycles. The van der Waals surface area contributed by atoms with Gasteiger partial charge in [0.15, 0.2) is 0 Å². The fourth-order valence-corrected chi connectivity index (χ4v) is 3.46. The summed E-state index contributed by atoms with van der Waals surface area (Å²) in [5.74, 6) is 1.18. The second-order valence-electron chi connectivity index (χ2n) is 5.76. The van der Waals surface area contributed by atoms with Crippen LogP contribution in [0.1, 0.15) is 57.8 Å². The molecular formula is C15H26O2. The van der Waals surface area contributed by atoms with Crippen LogP contribution in [-0.2, 0) is 9.84 Å². The molecule has 2 aliphatic rings. The maximum atomic E-state index is 12.1. The minimum Gasteiger partial charge on any atom is -0.378 e. The van der Waals surface area contributed by atoms with E-state index < -0.39 is 0 Å². The van der Waals surface area contributed by atoms with E-state index >= 15 is 0 Å². The lowest BCUT2D eigenvalue weighted by Crippen LogP contribution is -2.29. The van der Waals surface area contributed by atoms with Crippen molar-refractivity contribution in [1.82, 2.24) is 0 Å². The van der Waals surface area contributed by atoms with E-state index in [2.05, 4.69) is 6.92 Å². The van der Waals surface area contributed by atoms with E-state index in [1.807, 2.05) is 0 Å². The zero-order chi connectivity index (χ0) is 12.1. The molecule has 98 valence electrons. The van der Waals surface area contributed by atoms with E-state index in [1.54, 1.807) is 0 Å². The van der Waals surface area contributed by atoms with Gasteiger partial charge in [0.05, 0.1) is 12.2 Å². The summed E-state index contributed by atoms with van der Waals surface area (Å²) >= 11 is 0. The third-order valence-corrected chi connectivity index (χ3v) is 4.57. The summed E-state index contributed by atoms with van der Waals surface area (Å²) in [5.41, 5.74) is 0. The fraction of sp³-hybridized carbons (Fsp3) is 0.933. The molecule has 0 saturated heterocycles. The SMILES string of the molecule is [CH2]CCCOC1CCC([O])C2CCCC1CC2. The maximum Gasteiger partial charge on any atom is 0.0959 e. The molecule has 2 bridgehead atoms. The predicted molar refractivity (Wildman–Crippen MR) is 68.1 cm³/mol. The van der Waals surface area contributed by atoms with Crippen molar-refractivity contribution in [3.63, 3.8) is 0 Å². The zero-order valence-corrected chi connectivity index (χ0v) is 10.9. The van der Waals surface area contributed by atoms with Gasteiger partial charge in [0.2, 0.25) is 0 Å². The lowest BCUT2D eigenvalue weighted by atomic mass is 9.84. The highest BCUT2D eigenvalue weighted by Crippen LogP contribution is 2.37. The standard InChI is InChI=1S/C15H26O2/c1-2-3-11-17-15-10-9-14(16)12-5-4-6-13(15)8-7-12/h12-15H,1-11H2. The van der Waals surface area contributed by atoms with Gasteiger partial charge < -0.3 is 4.74 Å². The largest absolute Gasteiger partial charge is 0.378 e. The molecule has 0 spiro atoms. The molecule has 0 aliphatic heterocycles. The van der Waals surface area contributed by atoms with Crippen LogP contribution in [0, 0.1) is 18.8 Å². The molecule has 2 nitrogen and oxygen atoms in total. The Hall–Kier alpha value is -0.0800. The second kappa shape index (κ2) is 6.75. The average Bonchev–Trinajstić information content (AvgIpc) is 2.54. The summed E-state index contributed by atoms with van der Waals surface area (Å²) in [6, 6.07) is 0. The Bertz CT molecular complexity index is 217. The van der Waals surface area contributed by atoms with Gasteiger partial charge in [0, 0.05) is 6.61 Å². The summed E-state index contributed by atoms with van der Waals surface area (Å²) in [4.78, 5) is 0. The summed E-state index contributed by atoms with van der Waals surface area (Å²) in [5, 5.41) is 12.1. The van der Waals surface area contributed by atoms with E-state index in [0.717, 1.165) is 51.0 Å². The van der Waals surface area contributed by atoms with Crippen LogP contribution in [0.5, 0.6) is 0 Å². The van der Waals surface area contributed by atoms with Gasteiger partial charge in [-0.25, -0.2) is 5.11 Å². The topological polar surface area (TPSA) is 29.1 Å². The monoisotopic (exact) mass is 238 g/mol. The highest BCUT2D eigenvalue weighted by molar-refractivity contribution is 4.83. The van der Waals surface area contributed by atoms with Crippen molar-refractivity contribution in [3.8, 4) is 0 Å². The molecular weight excluding hydrogens is 212 g/mol. The molecule has 0 heterocycles. The van der Waals surface area contributed by atoms with E-state index in [0.29, 0.717) is 12.0 Å². The Morgan fingerprint density at radius 1 is 1.00 bits per heavy atom. The maximum absolute atomic E-state index is 12.1. The predicted octanol–water partition coefficient (Wildman–Crippen LogP) is 3.78. The number of fused-ring (bicyclic) bond motifs is 3. The molecule has 0 aromatic heterocycles. The lowest BCUT2D eigenvalue weighted by molar-refractivity contribution is -0.0363. The van der Waals surface area contributed by atoms with Crippen LogP contribution in [0.2, 0.25) is 0 Å². The molecule has 0 N–H and O–H groups in total. The first-order chi connectivity index (χ1) is 8.31. The van der Waals surface area contributed by atoms with Crippen molar-refractivity contribution in [1.29, 1.82) is 0 Å². The molecule has 0 aromatic carbocycles. The average molecular weight is 238 g/mol. The van der Waals surface area contributed by atoms with Crippen molar-refractivity contribution in [2.45, 2.75) is 70.0 Å². The smallest absolute Gasteiger partial charge is 0.0959 e. The molecule has 0 amide bonds. The number of hydrogen-bond donors (Lipinski definition) is 0. The minimum atomic E-state index is -0.326. The van der Waals surface area contributed by atoms with Crippen LogP contribution < -0.4 is 0 Å². The quantitative estimate of drug-likeness (QED) is 0.685. The molecule has 2 rings (SSSR count). The summed E-state index contributed by atoms with van der Waals surface area (Å²) in [6.07, 6.45) is 9.90. The third-order valence-electron chi connectivity index (χ3n) is 4.57. The first-order valence-corrected chi connectivity index (χ1v) is 7.38. The number of hydrogen-bond acceptors (Lipinski definition) is 1. The Morgan fingerprint density at radius 2 is 1.76 bits per heavy atom. The fourth-order valence-electron chi connectivity index (χ4n) is 3.46. The van der Waals surface area contributed by atoms with Crippen LogP contribution in [-0.4, -0.2) is 18.8 Å². The molecule has 2 fully saturated rings. The van der Waals surface area contributed by atoms with Crippen LogP contribution in [0.25, 0.3) is 0 Å². The van der Waals surface area contributed by atoms with Crippen molar-refractivity contribution >= 4 is 0 Å². The van der Waals surface area contributed by atoms with Gasteiger partial charge in [-0.3, -0.25) is 0 Å². The third kappa shape index (κ3) is 3.69. The Labute approximate surface area is 106 Å². The van der Waals surface area contributed by atoms with E-state index in [4.69, 9.17) is 4.74 Å². The van der Waals surface area contributed by atoms with E-state index in [-0.39, 0.29) is 6.10 Å². The van der Waals surface area contributed by atoms with Gasteiger partial charge in [-0.15, -0.1) is 0 Å². The van der Waals surface area contributed by atoms with Gasteiger partial charge in [0.25, 0.3) is 0 Å². The first-order valence-electron chi connectivity index (χ1n) is 7.38. The van der Waals surface area contributed by atoms with Gasteiger partial charge in [-0.2, -0.15) is 0 Å². The van der Waals surface area contributed by atoms with Crippen LogP contribution in [0.4, 0.5) is 0 Å². The number of unbranched alkanes of at least 4 members (excludes halogenated alkanes) is 1. The van der Waals surface area contributed by atoms with Crippen molar-refractivity contribution in [2.24, 2.45) is 11.8 Å². The lowest BCUT2D eigenvalue weighted by Gasteiger charge is -2.30. The number of ether oxygens (including phenoxy) is 1. The van der Waals surface area contributed by atoms with Crippen molar-refractivity contribution < 1.29 is 9.84 Å². The summed E-state index contributed by atoms with van der Waals surface area (Å²) < 4.78 is 6.01. The van der Waals surface area contributed by atoms with Crippen LogP contribution >= 0.6 is 0 Å².